The summed E-state index contributed by atoms with van der Waals surface area (Å²) >= 11 is 12.5. The van der Waals surface area contributed by atoms with Crippen LogP contribution in [0.5, 0.6) is 0 Å². The summed E-state index contributed by atoms with van der Waals surface area (Å²) < 4.78 is 1.69. The smallest absolute Gasteiger partial charge is 0.255 e. The van der Waals surface area contributed by atoms with Crippen LogP contribution in [0.2, 0.25) is 10.0 Å². The van der Waals surface area contributed by atoms with Gasteiger partial charge in [-0.3, -0.25) is 4.79 Å². The topological polar surface area (TPSA) is 92.1 Å². The van der Waals surface area contributed by atoms with Crippen molar-refractivity contribution in [1.82, 2.24) is 14.8 Å². The number of aliphatic hydroxyl groups is 1. The van der Waals surface area contributed by atoms with E-state index in [9.17, 15) is 9.90 Å². The van der Waals surface area contributed by atoms with Gasteiger partial charge in [-0.05, 0) is 49.6 Å². The molecule has 1 aromatic heterocycles. The molecule has 2 aromatic carbocycles. The number of fused-ring (bicyclic) bond motifs is 1. The number of rotatable bonds is 6. The summed E-state index contributed by atoms with van der Waals surface area (Å²) in [5, 5.41) is 20.8. The molecule has 0 spiro atoms. The maximum Gasteiger partial charge on any atom is 0.255 e. The fourth-order valence-electron chi connectivity index (χ4n) is 3.73. The second-order valence-electron chi connectivity index (χ2n) is 7.63. The lowest BCUT2D eigenvalue weighted by molar-refractivity contribution is -0.113. The van der Waals surface area contributed by atoms with E-state index in [1.165, 1.54) is 0 Å². The van der Waals surface area contributed by atoms with Crippen molar-refractivity contribution in [2.24, 2.45) is 0 Å². The van der Waals surface area contributed by atoms with Gasteiger partial charge in [0, 0.05) is 24.4 Å². The molecule has 0 bridgehead atoms. The van der Waals surface area contributed by atoms with Gasteiger partial charge in [-0.2, -0.15) is 10.1 Å². The van der Waals surface area contributed by atoms with Gasteiger partial charge < -0.3 is 15.7 Å². The van der Waals surface area contributed by atoms with Crippen molar-refractivity contribution in [2.75, 3.05) is 17.2 Å². The second kappa shape index (κ2) is 9.32. The summed E-state index contributed by atoms with van der Waals surface area (Å²) in [4.78, 5) is 18.0. The fourth-order valence-corrected chi connectivity index (χ4v) is 4.03. The van der Waals surface area contributed by atoms with Crippen LogP contribution in [0.3, 0.4) is 0 Å². The van der Waals surface area contributed by atoms with Gasteiger partial charge in [0.2, 0.25) is 5.95 Å². The predicted molar refractivity (Wildman–Crippen MR) is 126 cm³/mol. The highest BCUT2D eigenvalue weighted by Crippen LogP contribution is 2.38. The highest BCUT2D eigenvalue weighted by atomic mass is 35.5. The number of aromatic nitrogens is 3. The first-order valence-electron chi connectivity index (χ1n) is 10.2. The Labute approximate surface area is 196 Å². The Hall–Kier alpha value is -2.87. The first kappa shape index (κ1) is 22.3. The largest absolute Gasteiger partial charge is 0.396 e. The van der Waals surface area contributed by atoms with Crippen LogP contribution in [0.4, 0.5) is 11.6 Å². The van der Waals surface area contributed by atoms with E-state index < -0.39 is 6.04 Å². The summed E-state index contributed by atoms with van der Waals surface area (Å²) in [5.41, 5.74) is 3.62. The number of anilines is 2. The lowest BCUT2D eigenvalue weighted by Gasteiger charge is -2.29. The number of nitrogens with zero attached hydrogens (tertiary/aromatic N) is 3. The second-order valence-corrected chi connectivity index (χ2v) is 8.45. The van der Waals surface area contributed by atoms with Gasteiger partial charge >= 0.3 is 0 Å². The summed E-state index contributed by atoms with van der Waals surface area (Å²) in [6.45, 7) is 3.83. The number of carbonyl (C=O) groups excluding carboxylic acids is 1. The molecular formula is C23H23Cl2N5O2. The molecule has 9 heteroatoms. The van der Waals surface area contributed by atoms with Crippen molar-refractivity contribution in [1.29, 1.82) is 0 Å². The van der Waals surface area contributed by atoms with Crippen LogP contribution >= 0.6 is 23.2 Å². The number of allylic oxidation sites excluding steroid dienone is 1. The van der Waals surface area contributed by atoms with Crippen LogP contribution in [0.25, 0.3) is 0 Å². The zero-order valence-corrected chi connectivity index (χ0v) is 19.2. The minimum absolute atomic E-state index is 0.0505. The number of para-hydroxylation sites is 1. The van der Waals surface area contributed by atoms with Crippen molar-refractivity contribution in [3.05, 3.63) is 80.7 Å². The number of aliphatic hydroxyl groups excluding tert-OH is 1. The Morgan fingerprint density at radius 2 is 1.97 bits per heavy atom. The van der Waals surface area contributed by atoms with E-state index in [1.54, 1.807) is 16.8 Å². The molecule has 2 heterocycles. The molecule has 32 heavy (non-hydrogen) atoms. The quantitative estimate of drug-likeness (QED) is 0.482. The molecule has 3 aromatic rings. The standard InChI is InChI=1S/C23H23Cl2N5O2/c1-13-6-3-4-7-18(13)27-22(32)20-14(2)26-23-28-19(8-5-11-31)29-30(23)21(20)15-9-10-16(24)17(25)12-15/h3-4,6-7,9-10,12,21,31H,5,8,11H2,1-2H3,(H,27,32)(H,26,28,29). The molecular weight excluding hydrogens is 449 g/mol. The van der Waals surface area contributed by atoms with E-state index in [1.807, 2.05) is 44.2 Å². The molecule has 0 saturated heterocycles. The van der Waals surface area contributed by atoms with E-state index in [4.69, 9.17) is 23.2 Å². The molecule has 1 aliphatic heterocycles. The minimum Gasteiger partial charge on any atom is -0.396 e. The normalized spacial score (nSPS) is 15.3. The van der Waals surface area contributed by atoms with Gasteiger partial charge in [0.05, 0.1) is 15.6 Å². The number of benzene rings is 2. The van der Waals surface area contributed by atoms with Gasteiger partial charge in [0.15, 0.2) is 5.82 Å². The highest BCUT2D eigenvalue weighted by Gasteiger charge is 2.34. The van der Waals surface area contributed by atoms with E-state index in [0.29, 0.717) is 45.9 Å². The zero-order chi connectivity index (χ0) is 22.8. The third kappa shape index (κ3) is 4.37. The summed E-state index contributed by atoms with van der Waals surface area (Å²) in [6, 6.07) is 12.3. The van der Waals surface area contributed by atoms with Crippen molar-refractivity contribution in [2.45, 2.75) is 32.7 Å². The van der Waals surface area contributed by atoms with Crippen molar-refractivity contribution < 1.29 is 9.90 Å². The Balaban J connectivity index is 1.79. The molecule has 0 radical (unpaired) electrons. The van der Waals surface area contributed by atoms with Gasteiger partial charge in [-0.25, -0.2) is 4.68 Å². The minimum atomic E-state index is -0.555. The molecule has 1 atom stereocenters. The first-order valence-corrected chi connectivity index (χ1v) is 11.0. The summed E-state index contributed by atoms with van der Waals surface area (Å²) in [5.74, 6) is 0.859. The van der Waals surface area contributed by atoms with Crippen molar-refractivity contribution >= 4 is 40.7 Å². The van der Waals surface area contributed by atoms with Crippen LogP contribution in [0.1, 0.15) is 36.3 Å². The molecule has 7 nitrogen and oxygen atoms in total. The highest BCUT2D eigenvalue weighted by molar-refractivity contribution is 6.42. The van der Waals surface area contributed by atoms with Crippen molar-refractivity contribution in [3.8, 4) is 0 Å². The van der Waals surface area contributed by atoms with Gasteiger partial charge in [-0.15, -0.1) is 0 Å². The average Bonchev–Trinajstić information content (AvgIpc) is 3.17. The monoisotopic (exact) mass is 471 g/mol. The van der Waals surface area contributed by atoms with E-state index in [-0.39, 0.29) is 12.5 Å². The number of amides is 1. The van der Waals surface area contributed by atoms with Gasteiger partial charge in [-0.1, -0.05) is 47.5 Å². The van der Waals surface area contributed by atoms with Crippen LogP contribution in [-0.2, 0) is 11.2 Å². The number of carbonyl (C=O) groups is 1. The lowest BCUT2D eigenvalue weighted by Crippen LogP contribution is -2.31. The van der Waals surface area contributed by atoms with Gasteiger partial charge in [0.1, 0.15) is 6.04 Å². The first-order chi connectivity index (χ1) is 15.4. The SMILES string of the molecule is CC1=C(C(=O)Nc2ccccc2C)C(c2ccc(Cl)c(Cl)c2)n2nc(CCCO)nc2N1. The maximum atomic E-state index is 13.5. The van der Waals surface area contributed by atoms with E-state index in [2.05, 4.69) is 20.7 Å². The van der Waals surface area contributed by atoms with Crippen LogP contribution in [0, 0.1) is 6.92 Å². The fraction of sp³-hybridized carbons (Fsp3) is 0.261. The Morgan fingerprint density at radius 1 is 1.19 bits per heavy atom. The van der Waals surface area contributed by atoms with E-state index in [0.717, 1.165) is 16.8 Å². The molecule has 166 valence electrons. The third-order valence-corrected chi connectivity index (χ3v) is 6.09. The Kier molecular flexibility index (Phi) is 6.50. The third-order valence-electron chi connectivity index (χ3n) is 5.35. The Morgan fingerprint density at radius 3 is 2.69 bits per heavy atom. The number of nitrogens with one attached hydrogen (secondary N) is 2. The number of halogens is 2. The summed E-state index contributed by atoms with van der Waals surface area (Å²) in [7, 11) is 0. The van der Waals surface area contributed by atoms with E-state index >= 15 is 0 Å². The molecule has 0 aliphatic carbocycles. The Bertz CT molecular complexity index is 1200. The molecule has 1 unspecified atom stereocenters. The maximum absolute atomic E-state index is 13.5. The molecule has 1 amide bonds. The average molecular weight is 472 g/mol. The molecule has 0 fully saturated rings. The molecule has 1 aliphatic rings. The predicted octanol–water partition coefficient (Wildman–Crippen LogP) is 4.75. The summed E-state index contributed by atoms with van der Waals surface area (Å²) in [6.07, 6.45) is 1.07. The van der Waals surface area contributed by atoms with Gasteiger partial charge in [0.25, 0.3) is 5.91 Å². The lowest BCUT2D eigenvalue weighted by atomic mass is 9.95. The molecule has 3 N–H and O–H groups in total. The number of aryl methyl sites for hydroxylation is 2. The van der Waals surface area contributed by atoms with Crippen LogP contribution < -0.4 is 10.6 Å². The number of hydrogen-bond donors (Lipinski definition) is 3. The zero-order valence-electron chi connectivity index (χ0n) is 17.7. The molecule has 0 saturated carbocycles. The van der Waals surface area contributed by atoms with Crippen LogP contribution in [-0.4, -0.2) is 32.4 Å². The van der Waals surface area contributed by atoms with Crippen molar-refractivity contribution in [3.63, 3.8) is 0 Å². The van der Waals surface area contributed by atoms with Crippen LogP contribution in [0.15, 0.2) is 53.7 Å². The number of hydrogen-bond acceptors (Lipinski definition) is 5. The molecule has 4 rings (SSSR count).